The third kappa shape index (κ3) is 3.92. The van der Waals surface area contributed by atoms with Crippen molar-refractivity contribution in [3.8, 4) is 11.1 Å². The second kappa shape index (κ2) is 7.81. The van der Waals surface area contributed by atoms with Crippen LogP contribution in [0.1, 0.15) is 48.5 Å². The van der Waals surface area contributed by atoms with Crippen LogP contribution in [-0.4, -0.2) is 55.8 Å². The van der Waals surface area contributed by atoms with Gasteiger partial charge in [-0.3, -0.25) is 9.58 Å². The van der Waals surface area contributed by atoms with E-state index in [9.17, 15) is 18.7 Å². The van der Waals surface area contributed by atoms with Crippen LogP contribution >= 0.6 is 0 Å². The minimum atomic E-state index is -2.50. The average Bonchev–Trinajstić information content (AvgIpc) is 3.40. The number of aromatic carboxylic acids is 1. The molecule has 1 aromatic carbocycles. The van der Waals surface area contributed by atoms with Gasteiger partial charge in [0, 0.05) is 55.3 Å². The number of carboxylic acids is 1. The van der Waals surface area contributed by atoms with Gasteiger partial charge in [-0.1, -0.05) is 6.07 Å². The van der Waals surface area contributed by atoms with Crippen LogP contribution in [0.25, 0.3) is 22.0 Å². The van der Waals surface area contributed by atoms with Crippen molar-refractivity contribution in [1.82, 2.24) is 19.7 Å². The molecule has 2 aromatic heterocycles. The standard InChI is InChI=1S/C23H25F2N5O2/c24-23(25)6-3-17(4-7-23)29-8-5-18(13-29)30-12-16-9-14(1-2-20(16)28-30)15-10-19(22(31)32)21(26)27-11-15/h1-2,9-12,17-18H,3-8,13H2,(H2,26,27)(H,31,32). The second-order valence-corrected chi connectivity index (χ2v) is 8.87. The SMILES string of the molecule is Nc1ncc(-c2ccc3nn(C4CCN(C5CCC(F)(F)CC5)C4)cc3c2)cc1C(=O)O. The maximum absolute atomic E-state index is 13.5. The number of nitrogen functional groups attached to an aromatic ring is 1. The molecule has 0 spiro atoms. The summed E-state index contributed by atoms with van der Waals surface area (Å²) in [6, 6.07) is 7.74. The maximum Gasteiger partial charge on any atom is 0.339 e. The monoisotopic (exact) mass is 441 g/mol. The zero-order valence-corrected chi connectivity index (χ0v) is 17.5. The van der Waals surface area contributed by atoms with Crippen molar-refractivity contribution in [3.05, 3.63) is 42.2 Å². The molecule has 1 saturated heterocycles. The van der Waals surface area contributed by atoms with Gasteiger partial charge in [0.05, 0.1) is 11.6 Å². The van der Waals surface area contributed by atoms with E-state index in [-0.39, 0.29) is 36.3 Å². The number of aromatic nitrogens is 3. The molecule has 3 N–H and O–H groups in total. The van der Waals surface area contributed by atoms with Crippen molar-refractivity contribution in [2.45, 2.75) is 50.1 Å². The van der Waals surface area contributed by atoms with Crippen LogP contribution in [0.5, 0.6) is 0 Å². The molecule has 1 aliphatic heterocycles. The fourth-order valence-electron chi connectivity index (χ4n) is 4.92. The number of halogens is 2. The van der Waals surface area contributed by atoms with Gasteiger partial charge in [-0.05, 0) is 43.0 Å². The normalized spacial score (nSPS) is 21.9. The van der Waals surface area contributed by atoms with E-state index in [1.54, 1.807) is 6.20 Å². The highest BCUT2D eigenvalue weighted by molar-refractivity contribution is 5.94. The van der Waals surface area contributed by atoms with Crippen molar-refractivity contribution in [3.63, 3.8) is 0 Å². The summed E-state index contributed by atoms with van der Waals surface area (Å²) in [7, 11) is 0. The third-order valence-electron chi connectivity index (χ3n) is 6.78. The number of nitrogens with two attached hydrogens (primary N) is 1. The molecule has 3 aromatic rings. The van der Waals surface area contributed by atoms with E-state index in [1.807, 2.05) is 29.1 Å². The lowest BCUT2D eigenvalue weighted by atomic mass is 9.91. The number of hydrogen-bond donors (Lipinski definition) is 2. The third-order valence-corrected chi connectivity index (χ3v) is 6.78. The highest BCUT2D eigenvalue weighted by Gasteiger charge is 2.39. The number of alkyl halides is 2. The minimum absolute atomic E-state index is 0.0115. The van der Waals surface area contributed by atoms with E-state index >= 15 is 0 Å². The minimum Gasteiger partial charge on any atom is -0.478 e. The fourth-order valence-corrected chi connectivity index (χ4v) is 4.92. The average molecular weight is 441 g/mol. The Balaban J connectivity index is 1.34. The topological polar surface area (TPSA) is 97.3 Å². The molecule has 0 amide bonds. The smallest absolute Gasteiger partial charge is 0.339 e. The molecule has 3 heterocycles. The van der Waals surface area contributed by atoms with Crippen LogP contribution in [0.15, 0.2) is 36.7 Å². The quantitative estimate of drug-likeness (QED) is 0.630. The van der Waals surface area contributed by atoms with Gasteiger partial charge in [-0.25, -0.2) is 18.6 Å². The lowest BCUT2D eigenvalue weighted by Gasteiger charge is -2.34. The zero-order valence-electron chi connectivity index (χ0n) is 17.5. The summed E-state index contributed by atoms with van der Waals surface area (Å²) in [6.07, 6.45) is 5.59. The molecule has 1 unspecified atom stereocenters. The van der Waals surface area contributed by atoms with Gasteiger partial charge in [-0.2, -0.15) is 5.10 Å². The highest BCUT2D eigenvalue weighted by atomic mass is 19.3. The molecule has 1 saturated carbocycles. The summed E-state index contributed by atoms with van der Waals surface area (Å²) in [6.45, 7) is 1.72. The fraction of sp³-hybridized carbons (Fsp3) is 0.435. The highest BCUT2D eigenvalue weighted by Crippen LogP contribution is 2.37. The molecular weight excluding hydrogens is 416 g/mol. The lowest BCUT2D eigenvalue weighted by molar-refractivity contribution is -0.0518. The van der Waals surface area contributed by atoms with Crippen molar-refractivity contribution in [2.24, 2.45) is 0 Å². The summed E-state index contributed by atoms with van der Waals surface area (Å²) in [5.41, 5.74) is 8.00. The first kappa shape index (κ1) is 20.8. The van der Waals surface area contributed by atoms with E-state index in [4.69, 9.17) is 10.8 Å². The van der Waals surface area contributed by atoms with E-state index in [0.29, 0.717) is 18.4 Å². The van der Waals surface area contributed by atoms with Crippen molar-refractivity contribution < 1.29 is 18.7 Å². The lowest BCUT2D eigenvalue weighted by Crippen LogP contribution is -2.39. The molecule has 2 fully saturated rings. The van der Waals surface area contributed by atoms with Gasteiger partial charge >= 0.3 is 5.97 Å². The number of carboxylic acid groups (broad SMARTS) is 1. The van der Waals surface area contributed by atoms with Crippen LogP contribution in [0, 0.1) is 0 Å². The molecule has 32 heavy (non-hydrogen) atoms. The first-order valence-electron chi connectivity index (χ1n) is 10.9. The summed E-state index contributed by atoms with van der Waals surface area (Å²) in [5, 5.41) is 15.0. The van der Waals surface area contributed by atoms with Crippen molar-refractivity contribution >= 4 is 22.7 Å². The Morgan fingerprint density at radius 1 is 1.12 bits per heavy atom. The van der Waals surface area contributed by atoms with Crippen molar-refractivity contribution in [1.29, 1.82) is 0 Å². The van der Waals surface area contributed by atoms with E-state index in [1.165, 1.54) is 6.07 Å². The van der Waals surface area contributed by atoms with Crippen LogP contribution in [0.2, 0.25) is 0 Å². The number of anilines is 1. The largest absolute Gasteiger partial charge is 0.478 e. The Kier molecular flexibility index (Phi) is 5.08. The number of benzene rings is 1. The first-order chi connectivity index (χ1) is 15.3. The van der Waals surface area contributed by atoms with Gasteiger partial charge in [0.1, 0.15) is 11.4 Å². The van der Waals surface area contributed by atoms with Crippen LogP contribution in [-0.2, 0) is 0 Å². The number of rotatable bonds is 4. The molecular formula is C23H25F2N5O2. The van der Waals surface area contributed by atoms with Gasteiger partial charge in [0.2, 0.25) is 5.92 Å². The van der Waals surface area contributed by atoms with E-state index in [0.717, 1.165) is 36.0 Å². The Morgan fingerprint density at radius 3 is 2.66 bits per heavy atom. The molecule has 7 nitrogen and oxygen atoms in total. The molecule has 0 bridgehead atoms. The Labute approximate surface area is 183 Å². The Bertz CT molecular complexity index is 1170. The molecule has 1 aliphatic carbocycles. The first-order valence-corrected chi connectivity index (χ1v) is 10.9. The van der Waals surface area contributed by atoms with Crippen LogP contribution < -0.4 is 5.73 Å². The molecule has 2 aliphatic rings. The summed E-state index contributed by atoms with van der Waals surface area (Å²) in [5.74, 6) is -3.63. The maximum atomic E-state index is 13.5. The Hall–Kier alpha value is -3.07. The van der Waals surface area contributed by atoms with Gasteiger partial charge < -0.3 is 10.8 Å². The second-order valence-electron chi connectivity index (χ2n) is 8.87. The number of fused-ring (bicyclic) bond motifs is 1. The number of carbonyl (C=O) groups is 1. The number of nitrogens with zero attached hydrogens (tertiary/aromatic N) is 4. The van der Waals surface area contributed by atoms with Gasteiger partial charge in [0.25, 0.3) is 0 Å². The predicted octanol–water partition coefficient (Wildman–Crippen LogP) is 4.20. The molecule has 5 rings (SSSR count). The van der Waals surface area contributed by atoms with Crippen molar-refractivity contribution in [2.75, 3.05) is 18.8 Å². The van der Waals surface area contributed by atoms with E-state index in [2.05, 4.69) is 9.88 Å². The Morgan fingerprint density at radius 2 is 1.91 bits per heavy atom. The van der Waals surface area contributed by atoms with Gasteiger partial charge in [-0.15, -0.1) is 0 Å². The van der Waals surface area contributed by atoms with Gasteiger partial charge in [0.15, 0.2) is 0 Å². The van der Waals surface area contributed by atoms with Crippen LogP contribution in [0.4, 0.5) is 14.6 Å². The molecule has 168 valence electrons. The number of hydrogen-bond acceptors (Lipinski definition) is 5. The summed E-state index contributed by atoms with van der Waals surface area (Å²) >= 11 is 0. The molecule has 0 radical (unpaired) electrons. The van der Waals surface area contributed by atoms with E-state index < -0.39 is 11.9 Å². The predicted molar refractivity (Wildman–Crippen MR) is 117 cm³/mol. The number of likely N-dealkylation sites (tertiary alicyclic amines) is 1. The summed E-state index contributed by atoms with van der Waals surface area (Å²) in [4.78, 5) is 17.7. The molecule has 9 heteroatoms. The molecule has 1 atom stereocenters. The number of pyridine rings is 1. The summed E-state index contributed by atoms with van der Waals surface area (Å²) < 4.78 is 29.0. The zero-order chi connectivity index (χ0) is 22.5. The van der Waals surface area contributed by atoms with Crippen LogP contribution in [0.3, 0.4) is 0 Å².